The topological polar surface area (TPSA) is 55.1 Å². The van der Waals surface area contributed by atoms with E-state index in [4.69, 9.17) is 5.73 Å². The van der Waals surface area contributed by atoms with Crippen LogP contribution in [0.4, 0.5) is 0 Å². The minimum atomic E-state index is 0.0147. The Labute approximate surface area is 105 Å². The molecule has 0 spiro atoms. The van der Waals surface area contributed by atoms with Crippen molar-refractivity contribution in [2.24, 2.45) is 5.73 Å². The Kier molecular flexibility index (Phi) is 5.49. The molecule has 4 heteroatoms. The third kappa shape index (κ3) is 3.94. The molecule has 0 aliphatic rings. The van der Waals surface area contributed by atoms with Gasteiger partial charge in [-0.3, -0.25) is 4.79 Å². The Hall–Kier alpha value is -0.870. The highest BCUT2D eigenvalue weighted by Crippen LogP contribution is 2.22. The zero-order valence-corrected chi connectivity index (χ0v) is 11.0. The summed E-state index contributed by atoms with van der Waals surface area (Å²) < 4.78 is 1.02. The van der Waals surface area contributed by atoms with Crippen LogP contribution in [-0.2, 0) is 4.79 Å². The fourth-order valence-electron chi connectivity index (χ4n) is 1.48. The number of amides is 1. The van der Waals surface area contributed by atoms with Crippen LogP contribution in [0.3, 0.4) is 0 Å². The second-order valence-corrected chi connectivity index (χ2v) is 4.56. The molecule has 0 saturated heterocycles. The lowest BCUT2D eigenvalue weighted by atomic mass is 10.1. The monoisotopic (exact) mass is 284 g/mol. The van der Waals surface area contributed by atoms with Crippen LogP contribution in [0.1, 0.15) is 31.4 Å². The maximum absolute atomic E-state index is 11.5. The summed E-state index contributed by atoms with van der Waals surface area (Å²) >= 11 is 3.47. The summed E-state index contributed by atoms with van der Waals surface area (Å²) in [5.74, 6) is 0.0497. The second kappa shape index (κ2) is 6.66. The molecule has 3 N–H and O–H groups in total. The van der Waals surface area contributed by atoms with Gasteiger partial charge in [0.1, 0.15) is 0 Å². The lowest BCUT2D eigenvalue weighted by Gasteiger charge is -2.15. The van der Waals surface area contributed by atoms with E-state index in [1.165, 1.54) is 0 Å². The summed E-state index contributed by atoms with van der Waals surface area (Å²) in [5.41, 5.74) is 6.44. The number of hydrogen-bond donors (Lipinski definition) is 2. The van der Waals surface area contributed by atoms with E-state index < -0.39 is 0 Å². The van der Waals surface area contributed by atoms with E-state index in [1.807, 2.05) is 31.2 Å². The van der Waals surface area contributed by atoms with Crippen LogP contribution in [0.2, 0.25) is 0 Å². The minimum absolute atomic E-state index is 0.0147. The molecule has 0 heterocycles. The Bertz CT molecular complexity index is 355. The van der Waals surface area contributed by atoms with E-state index in [1.54, 1.807) is 0 Å². The van der Waals surface area contributed by atoms with Crippen LogP contribution in [0.15, 0.2) is 28.7 Å². The lowest BCUT2D eigenvalue weighted by Crippen LogP contribution is -2.27. The first-order valence-electron chi connectivity index (χ1n) is 5.39. The van der Waals surface area contributed by atoms with Crippen LogP contribution in [0, 0.1) is 0 Å². The van der Waals surface area contributed by atoms with Crippen LogP contribution >= 0.6 is 15.9 Å². The molecular formula is C12H17BrN2O. The van der Waals surface area contributed by atoms with Crippen molar-refractivity contribution in [1.29, 1.82) is 0 Å². The zero-order chi connectivity index (χ0) is 12.0. The van der Waals surface area contributed by atoms with E-state index in [9.17, 15) is 4.79 Å². The zero-order valence-electron chi connectivity index (χ0n) is 9.37. The highest BCUT2D eigenvalue weighted by atomic mass is 79.9. The van der Waals surface area contributed by atoms with E-state index in [2.05, 4.69) is 21.2 Å². The Morgan fingerprint density at radius 1 is 1.50 bits per heavy atom. The summed E-state index contributed by atoms with van der Waals surface area (Å²) in [6.07, 6.45) is 1.22. The molecule has 1 atom stereocenters. The van der Waals surface area contributed by atoms with Gasteiger partial charge in [0.2, 0.25) is 5.91 Å². The fourth-order valence-corrected chi connectivity index (χ4v) is 2.11. The smallest absolute Gasteiger partial charge is 0.220 e. The molecule has 0 radical (unpaired) electrons. The number of benzene rings is 1. The van der Waals surface area contributed by atoms with E-state index >= 15 is 0 Å². The molecule has 1 rings (SSSR count). The van der Waals surface area contributed by atoms with Crippen molar-refractivity contribution >= 4 is 21.8 Å². The number of hydrogen-bond acceptors (Lipinski definition) is 2. The highest BCUT2D eigenvalue weighted by Gasteiger charge is 2.11. The number of nitrogens with two attached hydrogens (primary N) is 1. The average molecular weight is 285 g/mol. The summed E-state index contributed by atoms with van der Waals surface area (Å²) in [7, 11) is 0. The largest absolute Gasteiger partial charge is 0.350 e. The van der Waals surface area contributed by atoms with Gasteiger partial charge in [-0.2, -0.15) is 0 Å². The van der Waals surface area contributed by atoms with Gasteiger partial charge in [-0.25, -0.2) is 0 Å². The Balaban J connectivity index is 2.55. The predicted molar refractivity (Wildman–Crippen MR) is 69.0 cm³/mol. The van der Waals surface area contributed by atoms with Gasteiger partial charge in [0.15, 0.2) is 0 Å². The standard InChI is InChI=1S/C12H17BrN2O/c1-9(15-12(16)7-4-8-14)10-5-2-3-6-11(10)13/h2-3,5-6,9H,4,7-8,14H2,1H3,(H,15,16)/t9-/m1/s1. The van der Waals surface area contributed by atoms with Crippen molar-refractivity contribution < 1.29 is 4.79 Å². The molecule has 0 bridgehead atoms. The van der Waals surface area contributed by atoms with E-state index in [0.29, 0.717) is 13.0 Å². The van der Waals surface area contributed by atoms with Crippen molar-refractivity contribution in [3.05, 3.63) is 34.3 Å². The van der Waals surface area contributed by atoms with E-state index in [-0.39, 0.29) is 11.9 Å². The van der Waals surface area contributed by atoms with Gasteiger partial charge in [-0.1, -0.05) is 34.1 Å². The molecule has 0 unspecified atom stereocenters. The average Bonchev–Trinajstić information content (AvgIpc) is 2.26. The summed E-state index contributed by atoms with van der Waals surface area (Å²) in [4.78, 5) is 11.5. The number of nitrogens with one attached hydrogen (secondary N) is 1. The predicted octanol–water partition coefficient (Wildman–Crippen LogP) is 2.37. The molecule has 0 aliphatic carbocycles. The molecule has 1 amide bonds. The molecule has 0 fully saturated rings. The van der Waals surface area contributed by atoms with Gasteiger partial charge in [-0.05, 0) is 31.5 Å². The van der Waals surface area contributed by atoms with Gasteiger partial charge in [0, 0.05) is 10.9 Å². The number of carbonyl (C=O) groups is 1. The SMILES string of the molecule is C[C@@H](NC(=O)CCCN)c1ccccc1Br. The van der Waals surface area contributed by atoms with Gasteiger partial charge in [0.25, 0.3) is 0 Å². The van der Waals surface area contributed by atoms with E-state index in [0.717, 1.165) is 16.5 Å². The summed E-state index contributed by atoms with van der Waals surface area (Å²) in [6.45, 7) is 2.53. The lowest BCUT2D eigenvalue weighted by molar-refractivity contribution is -0.121. The number of carbonyl (C=O) groups excluding carboxylic acids is 1. The van der Waals surface area contributed by atoms with Crippen molar-refractivity contribution in [2.45, 2.75) is 25.8 Å². The van der Waals surface area contributed by atoms with Crippen LogP contribution in [0.5, 0.6) is 0 Å². The quantitative estimate of drug-likeness (QED) is 0.872. The number of rotatable bonds is 5. The molecular weight excluding hydrogens is 268 g/mol. The molecule has 0 aromatic heterocycles. The third-order valence-electron chi connectivity index (χ3n) is 2.36. The highest BCUT2D eigenvalue weighted by molar-refractivity contribution is 9.10. The van der Waals surface area contributed by atoms with Crippen molar-refractivity contribution in [3.8, 4) is 0 Å². The molecule has 3 nitrogen and oxygen atoms in total. The van der Waals surface area contributed by atoms with Crippen molar-refractivity contribution in [2.75, 3.05) is 6.54 Å². The normalized spacial score (nSPS) is 12.2. The molecule has 88 valence electrons. The second-order valence-electron chi connectivity index (χ2n) is 3.70. The van der Waals surface area contributed by atoms with Gasteiger partial charge >= 0.3 is 0 Å². The van der Waals surface area contributed by atoms with Crippen LogP contribution < -0.4 is 11.1 Å². The van der Waals surface area contributed by atoms with Gasteiger partial charge < -0.3 is 11.1 Å². The van der Waals surface area contributed by atoms with Crippen LogP contribution in [-0.4, -0.2) is 12.5 Å². The maximum Gasteiger partial charge on any atom is 0.220 e. The van der Waals surface area contributed by atoms with Gasteiger partial charge in [0.05, 0.1) is 6.04 Å². The summed E-state index contributed by atoms with van der Waals surface area (Å²) in [6, 6.07) is 7.90. The van der Waals surface area contributed by atoms with Gasteiger partial charge in [-0.15, -0.1) is 0 Å². The first kappa shape index (κ1) is 13.2. The maximum atomic E-state index is 11.5. The van der Waals surface area contributed by atoms with Crippen molar-refractivity contribution in [1.82, 2.24) is 5.32 Å². The number of halogens is 1. The van der Waals surface area contributed by atoms with Crippen LogP contribution in [0.25, 0.3) is 0 Å². The molecule has 0 aliphatic heterocycles. The fraction of sp³-hybridized carbons (Fsp3) is 0.417. The molecule has 0 saturated carbocycles. The molecule has 1 aromatic carbocycles. The van der Waals surface area contributed by atoms with Crippen molar-refractivity contribution in [3.63, 3.8) is 0 Å². The minimum Gasteiger partial charge on any atom is -0.350 e. The molecule has 1 aromatic rings. The first-order chi connectivity index (χ1) is 7.65. The molecule has 16 heavy (non-hydrogen) atoms. The Morgan fingerprint density at radius 3 is 2.81 bits per heavy atom. The third-order valence-corrected chi connectivity index (χ3v) is 3.08. The Morgan fingerprint density at radius 2 is 2.19 bits per heavy atom. The first-order valence-corrected chi connectivity index (χ1v) is 6.18. The summed E-state index contributed by atoms with van der Waals surface area (Å²) in [5, 5.41) is 2.95.